The Labute approximate surface area is 827 Å². The van der Waals surface area contributed by atoms with Crippen molar-refractivity contribution in [3.8, 4) is 0 Å². The average molecular weight is 1840 g/mol. The van der Waals surface area contributed by atoms with Gasteiger partial charge in [-0.1, -0.05) is 441 Å². The van der Waals surface area contributed by atoms with Crippen molar-refractivity contribution in [3.05, 3.63) is 653 Å². The second kappa shape index (κ2) is 67.9. The first kappa shape index (κ1) is 107. The minimum atomic E-state index is -1.84. The summed E-state index contributed by atoms with van der Waals surface area (Å²) in [6.07, 6.45) is 33.2. The van der Waals surface area contributed by atoms with E-state index in [1.807, 2.05) is 194 Å². The summed E-state index contributed by atoms with van der Waals surface area (Å²) in [5, 5.41) is 81.4. The third-order valence-electron chi connectivity index (χ3n) is 20.2. The van der Waals surface area contributed by atoms with Gasteiger partial charge in [-0.25, -0.2) is 36.5 Å². The van der Waals surface area contributed by atoms with Gasteiger partial charge in [0.05, 0.1) is 0 Å². The van der Waals surface area contributed by atoms with Crippen LogP contribution < -0.4 is 98.6 Å². The molecule has 0 amide bonds. The van der Waals surface area contributed by atoms with E-state index in [4.69, 9.17) is 0 Å². The van der Waals surface area contributed by atoms with Crippen molar-refractivity contribution in [3.63, 3.8) is 0 Å². The molecule has 140 heavy (non-hydrogen) atoms. The SMILES string of the molecule is [O-]B([O-])c1ccccc1.[O-]B([O-])c1ccccc1.[O-]B([O-])c1ccccc1.[O-]B([O-])c1ccccc1.c1ccc(C[n+]2ccccc2)cc1.c1ccc(C[n+]2ccccc2)cc1.c1ccc(C[n+]2ccccc2)cc1.c1ccc(C[n+]2ccccc2)cc1.c1ccc(C[n+]2ccccc2)cc1.c1ccc(C[n+]2ccccc2)cc1.c1ccc(C[n+]2ccccc2)cc1.c1ccc(C[n+]2ccccc2)cc1. The number of benzene rings is 12. The predicted octanol–water partition coefficient (Wildman–Crippen LogP) is 8.59. The molecule has 12 aromatic carbocycles. The van der Waals surface area contributed by atoms with Gasteiger partial charge in [-0.05, 0) is 0 Å². The zero-order chi connectivity index (χ0) is 98.2. The molecule has 0 aliphatic heterocycles. The highest BCUT2D eigenvalue weighted by Crippen LogP contribution is 2.05. The fraction of sp³-hybridized carbons (Fsp3) is 0.0667. The Bertz CT molecular complexity index is 4950. The van der Waals surface area contributed by atoms with Crippen LogP contribution in [-0.4, -0.2) is 28.5 Å². The van der Waals surface area contributed by atoms with E-state index in [9.17, 15) is 40.2 Å². The monoisotopic (exact) mass is 1840 g/mol. The maximum Gasteiger partial charge on any atom is 0.173 e. The lowest BCUT2D eigenvalue weighted by atomic mass is 9.81. The Morgan fingerprint density at radius 3 is 0.264 bits per heavy atom. The molecule has 0 spiro atoms. The number of hydrogen-bond donors (Lipinski definition) is 0. The van der Waals surface area contributed by atoms with Crippen LogP contribution in [0.4, 0.5) is 0 Å². The summed E-state index contributed by atoms with van der Waals surface area (Å²) in [5.74, 6) is 0. The number of hydrogen-bond acceptors (Lipinski definition) is 8. The molecule has 0 N–H and O–H groups in total. The molecule has 0 saturated carbocycles. The van der Waals surface area contributed by atoms with Gasteiger partial charge >= 0.3 is 0 Å². The van der Waals surface area contributed by atoms with Crippen molar-refractivity contribution in [2.75, 3.05) is 0 Å². The summed E-state index contributed by atoms with van der Waals surface area (Å²) in [6, 6.07) is 165. The first-order chi connectivity index (χ1) is 68.8. The van der Waals surface area contributed by atoms with E-state index < -0.39 is 28.5 Å². The molecule has 0 saturated heterocycles. The van der Waals surface area contributed by atoms with Crippen molar-refractivity contribution in [2.24, 2.45) is 0 Å². The van der Waals surface area contributed by atoms with Crippen LogP contribution in [0.1, 0.15) is 44.5 Å². The molecule has 0 aliphatic carbocycles. The van der Waals surface area contributed by atoms with Gasteiger partial charge in [0, 0.05) is 142 Å². The minimum absolute atomic E-state index is 0.303. The zero-order valence-corrected chi connectivity index (χ0v) is 78.5. The van der Waals surface area contributed by atoms with Gasteiger partial charge in [-0.15, -0.1) is 21.9 Å². The molecule has 20 heteroatoms. The van der Waals surface area contributed by atoms with Crippen LogP contribution in [0.25, 0.3) is 0 Å². The summed E-state index contributed by atoms with van der Waals surface area (Å²) in [4.78, 5) is 0. The molecule has 0 atom stereocenters. The molecule has 0 unspecified atom stereocenters. The summed E-state index contributed by atoms with van der Waals surface area (Å²) < 4.78 is 17.3. The quantitative estimate of drug-likeness (QED) is 0.0531. The number of pyridine rings is 8. The van der Waals surface area contributed by atoms with Crippen molar-refractivity contribution in [1.82, 2.24) is 0 Å². The van der Waals surface area contributed by atoms with Gasteiger partial charge in [0.1, 0.15) is 0 Å². The lowest BCUT2D eigenvalue weighted by molar-refractivity contribution is -0.688. The van der Waals surface area contributed by atoms with E-state index in [-0.39, 0.29) is 0 Å². The number of aromatic nitrogens is 8. The second-order valence-corrected chi connectivity index (χ2v) is 31.2. The first-order valence-electron chi connectivity index (χ1n) is 46.1. The maximum absolute atomic E-state index is 10.2. The fourth-order valence-corrected chi connectivity index (χ4v) is 13.1. The van der Waals surface area contributed by atoms with Crippen LogP contribution in [-0.2, 0) is 52.4 Å². The van der Waals surface area contributed by atoms with Crippen LogP contribution in [0, 0.1) is 0 Å². The van der Waals surface area contributed by atoms with Gasteiger partial charge in [-0.2, -0.15) is 0 Å². The van der Waals surface area contributed by atoms with Gasteiger partial charge in [-0.3, -0.25) is 0 Å². The maximum atomic E-state index is 10.2. The third kappa shape index (κ3) is 48.3. The Morgan fingerprint density at radius 2 is 0.186 bits per heavy atom. The normalized spacial score (nSPS) is 9.66. The zero-order valence-electron chi connectivity index (χ0n) is 78.5. The van der Waals surface area contributed by atoms with Crippen LogP contribution in [0.5, 0.6) is 0 Å². The highest BCUT2D eigenvalue weighted by molar-refractivity contribution is 6.56. The summed E-state index contributed by atoms with van der Waals surface area (Å²) >= 11 is 0. The third-order valence-corrected chi connectivity index (χ3v) is 20.2. The predicted molar refractivity (Wildman–Crippen MR) is 545 cm³/mol. The summed E-state index contributed by atoms with van der Waals surface area (Å²) in [7, 11) is -7.37. The Balaban J connectivity index is 0.000000171. The van der Waals surface area contributed by atoms with E-state index in [0.29, 0.717) is 21.9 Å². The van der Waals surface area contributed by atoms with Gasteiger partial charge in [0.25, 0.3) is 0 Å². The van der Waals surface area contributed by atoms with Crippen molar-refractivity contribution in [1.29, 1.82) is 0 Å². The summed E-state index contributed by atoms with van der Waals surface area (Å²) in [6.45, 7) is 7.57. The molecule has 8 heterocycles. The Hall–Kier alpha value is -16.2. The van der Waals surface area contributed by atoms with E-state index >= 15 is 0 Å². The molecule has 8 aromatic heterocycles. The van der Waals surface area contributed by atoms with Gasteiger partial charge in [0.2, 0.25) is 0 Å². The van der Waals surface area contributed by atoms with Crippen LogP contribution >= 0.6 is 0 Å². The van der Waals surface area contributed by atoms with Gasteiger partial charge in [0.15, 0.2) is 152 Å². The molecule has 20 aromatic rings. The fourth-order valence-electron chi connectivity index (χ4n) is 13.1. The van der Waals surface area contributed by atoms with Crippen molar-refractivity contribution < 1.29 is 76.7 Å². The smallest absolute Gasteiger partial charge is 0.173 e. The van der Waals surface area contributed by atoms with Gasteiger partial charge < -0.3 is 40.2 Å². The lowest BCUT2D eigenvalue weighted by Crippen LogP contribution is -2.55. The lowest BCUT2D eigenvalue weighted by Gasteiger charge is -2.26. The average Bonchev–Trinajstić information content (AvgIpc) is 0.918. The largest absolute Gasteiger partial charge is 0.889 e. The molecular formula is C120H116B4N8O8. The van der Waals surface area contributed by atoms with Crippen LogP contribution in [0.3, 0.4) is 0 Å². The van der Waals surface area contributed by atoms with E-state index in [2.05, 4.69) is 330 Å². The van der Waals surface area contributed by atoms with Crippen molar-refractivity contribution >= 4 is 50.3 Å². The molecule has 0 fully saturated rings. The van der Waals surface area contributed by atoms with Crippen LogP contribution in [0.15, 0.2) is 609 Å². The van der Waals surface area contributed by atoms with E-state index in [1.54, 1.807) is 72.8 Å². The molecule has 0 bridgehead atoms. The minimum Gasteiger partial charge on any atom is -0.889 e. The topological polar surface area (TPSA) is 216 Å². The first-order valence-corrected chi connectivity index (χ1v) is 46.1. The highest BCUT2D eigenvalue weighted by Gasteiger charge is 2.06. The molecular weight excluding hydrogens is 1720 g/mol. The molecule has 696 valence electrons. The Kier molecular flexibility index (Phi) is 52.1. The van der Waals surface area contributed by atoms with E-state index in [0.717, 1.165) is 52.4 Å². The van der Waals surface area contributed by atoms with E-state index in [1.165, 1.54) is 93.0 Å². The molecule has 16 nitrogen and oxygen atoms in total. The summed E-state index contributed by atoms with van der Waals surface area (Å²) in [5.41, 5.74) is 11.9. The second-order valence-electron chi connectivity index (χ2n) is 31.2. The standard InChI is InChI=1S/8C12H12N.4C6H5BO2/c8*1-3-7-12(8-4-1)11-13-9-5-2-6-10-13;4*8-7(9)6-4-2-1-3-5-6/h8*1-10H,11H2;4*1-5H/q8*+1;4*-2. The molecule has 0 radical (unpaired) electrons. The van der Waals surface area contributed by atoms with Crippen LogP contribution in [0.2, 0.25) is 0 Å². The number of nitrogens with zero attached hydrogens (tertiary/aromatic N) is 8. The highest BCUT2D eigenvalue weighted by atomic mass is 16.4. The number of rotatable bonds is 20. The molecule has 20 rings (SSSR count). The molecule has 0 aliphatic rings. The Morgan fingerprint density at radius 1 is 0.107 bits per heavy atom. The van der Waals surface area contributed by atoms with Crippen molar-refractivity contribution in [2.45, 2.75) is 52.4 Å².